The maximum atomic E-state index is 15.5. The van der Waals surface area contributed by atoms with Crippen molar-refractivity contribution in [2.75, 3.05) is 6.61 Å². The molecule has 2 aromatic carbocycles. The molecule has 13 heteroatoms. The van der Waals surface area contributed by atoms with Gasteiger partial charge in [-0.05, 0) is 68.0 Å². The zero-order valence-electron chi connectivity index (χ0n) is 19.8. The summed E-state index contributed by atoms with van der Waals surface area (Å²) >= 11 is 0. The largest absolute Gasteiger partial charge is 0.490 e. The smallest absolute Gasteiger partial charge is 0.416 e. The Labute approximate surface area is 216 Å². The summed E-state index contributed by atoms with van der Waals surface area (Å²) in [5, 5.41) is -0.926. The van der Waals surface area contributed by atoms with Gasteiger partial charge in [0.25, 0.3) is 0 Å². The van der Waals surface area contributed by atoms with Crippen molar-refractivity contribution in [1.29, 1.82) is 0 Å². The highest BCUT2D eigenvalue weighted by molar-refractivity contribution is 7.92. The van der Waals surface area contributed by atoms with Crippen LogP contribution in [-0.2, 0) is 30.8 Å². The number of rotatable bonds is 4. The molecular weight excluding hydrogens is 553 g/mol. The van der Waals surface area contributed by atoms with Gasteiger partial charge >= 0.3 is 6.18 Å². The van der Waals surface area contributed by atoms with Crippen LogP contribution >= 0.6 is 0 Å². The molecule has 6 nitrogen and oxygen atoms in total. The highest BCUT2D eigenvalue weighted by Crippen LogP contribution is 2.59. The number of sulfonamides is 1. The second kappa shape index (κ2) is 9.02. The predicted molar refractivity (Wildman–Crippen MR) is 127 cm³/mol. The lowest BCUT2D eigenvalue weighted by Gasteiger charge is -2.54. The Kier molecular flexibility index (Phi) is 6.43. The van der Waals surface area contributed by atoms with Gasteiger partial charge in [0.1, 0.15) is 10.6 Å². The number of hydrogen-bond acceptors (Lipinski definition) is 5. The average Bonchev–Trinajstić information content (AvgIpc) is 2.85. The molecule has 5 rings (SSSR count). The summed E-state index contributed by atoms with van der Waals surface area (Å²) in [6.45, 7) is 3.24. The van der Waals surface area contributed by atoms with Crippen LogP contribution in [0, 0.1) is 23.5 Å². The monoisotopic (exact) mass is 577 g/mol. The Morgan fingerprint density at radius 3 is 2.39 bits per heavy atom. The second-order valence-electron chi connectivity index (χ2n) is 9.92. The fraction of sp³-hybridized carbons (Fsp3) is 0.440. The van der Waals surface area contributed by atoms with E-state index in [1.807, 2.05) is 0 Å². The minimum atomic E-state index is -4.71. The zero-order chi connectivity index (χ0) is 27.7. The van der Waals surface area contributed by atoms with Crippen molar-refractivity contribution in [1.82, 2.24) is 4.72 Å². The molecule has 1 saturated carbocycles. The third-order valence-electron chi connectivity index (χ3n) is 8.04. The van der Waals surface area contributed by atoms with Gasteiger partial charge in [-0.1, -0.05) is 6.08 Å². The summed E-state index contributed by atoms with van der Waals surface area (Å²) in [5.41, 5.74) is -1.58. The second-order valence-corrected chi connectivity index (χ2v) is 14.1. The topological polar surface area (TPSA) is 89.5 Å². The Morgan fingerprint density at radius 1 is 1.11 bits per heavy atom. The fourth-order valence-corrected chi connectivity index (χ4v) is 10.5. The first kappa shape index (κ1) is 27.1. The normalized spacial score (nSPS) is 30.3. The lowest BCUT2D eigenvalue weighted by Crippen LogP contribution is -2.63. The molecule has 0 amide bonds. The van der Waals surface area contributed by atoms with E-state index >= 15 is 4.39 Å². The molecule has 2 aliphatic heterocycles. The Morgan fingerprint density at radius 2 is 1.76 bits per heavy atom. The van der Waals surface area contributed by atoms with Gasteiger partial charge in [0.05, 0.1) is 27.9 Å². The Hall–Kier alpha value is -2.51. The number of sulfone groups is 1. The summed E-state index contributed by atoms with van der Waals surface area (Å²) in [5.74, 6) is -4.23. The van der Waals surface area contributed by atoms with Gasteiger partial charge in [-0.15, -0.1) is 6.58 Å². The maximum Gasteiger partial charge on any atom is 0.416 e. The van der Waals surface area contributed by atoms with Crippen LogP contribution in [0.2, 0.25) is 0 Å². The van der Waals surface area contributed by atoms with Gasteiger partial charge in [-0.25, -0.2) is 30.3 Å². The van der Waals surface area contributed by atoms with Crippen LogP contribution in [0.25, 0.3) is 0 Å². The third-order valence-corrected chi connectivity index (χ3v) is 12.5. The van der Waals surface area contributed by atoms with E-state index in [2.05, 4.69) is 11.3 Å². The van der Waals surface area contributed by atoms with Crippen molar-refractivity contribution in [2.24, 2.45) is 11.8 Å². The molecule has 0 bridgehead atoms. The quantitative estimate of drug-likeness (QED) is 0.420. The average molecular weight is 578 g/mol. The van der Waals surface area contributed by atoms with Gasteiger partial charge < -0.3 is 4.74 Å². The summed E-state index contributed by atoms with van der Waals surface area (Å²) < 4.78 is 130. The van der Waals surface area contributed by atoms with Crippen LogP contribution in [-0.4, -0.2) is 34.7 Å². The van der Waals surface area contributed by atoms with Crippen LogP contribution in [0.1, 0.15) is 36.8 Å². The van der Waals surface area contributed by atoms with E-state index < -0.39 is 87.3 Å². The summed E-state index contributed by atoms with van der Waals surface area (Å²) in [6, 6.07) is 3.80. The van der Waals surface area contributed by atoms with E-state index in [0.29, 0.717) is 12.1 Å². The van der Waals surface area contributed by atoms with Crippen molar-refractivity contribution < 1.29 is 43.5 Å². The van der Waals surface area contributed by atoms with E-state index in [1.54, 1.807) is 0 Å². The molecule has 0 aromatic heterocycles. The van der Waals surface area contributed by atoms with Crippen molar-refractivity contribution in [3.63, 3.8) is 0 Å². The molecule has 1 aliphatic carbocycles. The summed E-state index contributed by atoms with van der Waals surface area (Å²) in [4.78, 5) is -0.482. The third kappa shape index (κ3) is 3.96. The maximum absolute atomic E-state index is 15.5. The number of alkyl halides is 3. The molecule has 0 unspecified atom stereocenters. The van der Waals surface area contributed by atoms with Crippen LogP contribution in [0.5, 0.6) is 5.75 Å². The molecule has 2 aromatic rings. The Balaban J connectivity index is 1.71. The van der Waals surface area contributed by atoms with Gasteiger partial charge in [0.15, 0.2) is 21.4 Å². The zero-order valence-corrected chi connectivity index (χ0v) is 21.5. The number of allylic oxidation sites excluding steroid dienone is 1. The molecule has 0 radical (unpaired) electrons. The minimum Gasteiger partial charge on any atom is -0.490 e. The standard InChI is InChI=1S/C25H24F5NO5S2/c1-2-3-16-12-17-18-13-36-23-20(27)9-8-19(26)22(23)24(18,11-10-21(17)31-38(16,34)35)37(32,33)15-6-4-14(5-7-15)25(28,29)30/h2,4-9,16-18,21,31H,1,3,10-13H2/t16-,17-,18+,21+,24+/m1/s1. The van der Waals surface area contributed by atoms with Crippen molar-refractivity contribution in [2.45, 2.75) is 52.8 Å². The van der Waals surface area contributed by atoms with Crippen molar-refractivity contribution in [3.8, 4) is 5.75 Å². The predicted octanol–water partition coefficient (Wildman–Crippen LogP) is 4.71. The van der Waals surface area contributed by atoms with Crippen LogP contribution < -0.4 is 9.46 Å². The van der Waals surface area contributed by atoms with E-state index in [4.69, 9.17) is 4.74 Å². The van der Waals surface area contributed by atoms with E-state index in [9.17, 15) is 34.4 Å². The van der Waals surface area contributed by atoms with Gasteiger partial charge in [0, 0.05) is 12.0 Å². The number of benzene rings is 2. The van der Waals surface area contributed by atoms with E-state index in [1.165, 1.54) is 6.08 Å². The van der Waals surface area contributed by atoms with Crippen molar-refractivity contribution >= 4 is 19.9 Å². The number of halogens is 5. The highest BCUT2D eigenvalue weighted by atomic mass is 32.2. The molecule has 1 N–H and O–H groups in total. The molecule has 5 atom stereocenters. The molecular formula is C25H24F5NO5S2. The van der Waals surface area contributed by atoms with Crippen LogP contribution in [0.15, 0.2) is 53.9 Å². The first-order chi connectivity index (χ1) is 17.7. The molecule has 3 aliphatic rings. The van der Waals surface area contributed by atoms with Gasteiger partial charge in [0.2, 0.25) is 10.0 Å². The molecule has 38 heavy (non-hydrogen) atoms. The van der Waals surface area contributed by atoms with Crippen LogP contribution in [0.3, 0.4) is 0 Å². The number of ether oxygens (including phenoxy) is 1. The SMILES string of the molecule is C=CC[C@@H]1C[C@H]2[C@H](CC[C@@]3(S(=O)(=O)c4ccc(C(F)(F)F)cc4)c4c(F)ccc(F)c4OC[C@@H]23)NS1(=O)=O. The lowest BCUT2D eigenvalue weighted by molar-refractivity contribution is -0.137. The van der Waals surface area contributed by atoms with Gasteiger partial charge in [-0.2, -0.15) is 13.2 Å². The molecule has 0 spiro atoms. The molecule has 2 heterocycles. The molecule has 1 saturated heterocycles. The number of hydrogen-bond donors (Lipinski definition) is 1. The first-order valence-electron chi connectivity index (χ1n) is 11.9. The Bertz CT molecular complexity index is 1490. The van der Waals surface area contributed by atoms with Crippen LogP contribution in [0.4, 0.5) is 22.0 Å². The van der Waals surface area contributed by atoms with Gasteiger partial charge in [-0.3, -0.25) is 0 Å². The van der Waals surface area contributed by atoms with E-state index in [-0.39, 0.29) is 32.3 Å². The lowest BCUT2D eigenvalue weighted by atomic mass is 9.64. The first-order valence-corrected chi connectivity index (χ1v) is 14.9. The fourth-order valence-electron chi connectivity index (χ4n) is 6.33. The highest BCUT2D eigenvalue weighted by Gasteiger charge is 2.64. The van der Waals surface area contributed by atoms with E-state index in [0.717, 1.165) is 24.3 Å². The summed E-state index contributed by atoms with van der Waals surface area (Å²) in [6.07, 6.45) is -3.48. The van der Waals surface area contributed by atoms with Crippen molar-refractivity contribution in [3.05, 3.63) is 71.8 Å². The number of fused-ring (bicyclic) bond motifs is 5. The minimum absolute atomic E-state index is 0.0174. The number of nitrogens with one attached hydrogen (secondary N) is 1. The summed E-state index contributed by atoms with van der Waals surface area (Å²) in [7, 11) is -8.41. The molecule has 2 fully saturated rings. The molecule has 206 valence electrons.